The second kappa shape index (κ2) is 15.7. The van der Waals surface area contributed by atoms with Crippen LogP contribution in [0.5, 0.6) is 0 Å². The van der Waals surface area contributed by atoms with Crippen molar-refractivity contribution >= 4 is 23.1 Å². The number of nitro groups is 1. The van der Waals surface area contributed by atoms with Crippen LogP contribution in [0.1, 0.15) is 6.92 Å². The molecule has 0 rings (SSSR count). The largest absolute Gasteiger partial charge is 2.00 e. The first kappa shape index (κ1) is 22.9. The molecule has 8 heavy (non-hydrogen) atoms. The minimum atomic E-state index is -0.375. The first-order valence-corrected chi connectivity index (χ1v) is 1.39. The Morgan fingerprint density at radius 3 is 1.62 bits per heavy atom. The molecule has 0 aliphatic heterocycles. The molecular formula is C2H5Br2MgNO2. The van der Waals surface area contributed by atoms with Gasteiger partial charge in [0.25, 0.3) is 0 Å². The Morgan fingerprint density at radius 2 is 1.62 bits per heavy atom. The Bertz CT molecular complexity index is 53.3. The van der Waals surface area contributed by atoms with Crippen molar-refractivity contribution in [3.63, 3.8) is 0 Å². The van der Waals surface area contributed by atoms with Gasteiger partial charge in [0.15, 0.2) is 0 Å². The smallest absolute Gasteiger partial charge is 1.00 e. The molecule has 0 amide bonds. The standard InChI is InChI=1S/C2H5NO2.2BrH.Mg/c1-2-3(4)5;;;/h2H2,1H3;2*1H;/q;;;+2/p-2. The SMILES string of the molecule is CC[N+](=O)[O-].[Br-].[Br-].[Mg+2]. The van der Waals surface area contributed by atoms with E-state index in [1.54, 1.807) is 0 Å². The summed E-state index contributed by atoms with van der Waals surface area (Å²) in [6.07, 6.45) is 0. The third-order valence-corrected chi connectivity index (χ3v) is 0.258. The molecule has 0 aliphatic rings. The van der Waals surface area contributed by atoms with Crippen molar-refractivity contribution in [1.29, 1.82) is 0 Å². The van der Waals surface area contributed by atoms with Crippen LogP contribution in [0.15, 0.2) is 0 Å². The molecule has 0 radical (unpaired) electrons. The molecule has 3 nitrogen and oxygen atoms in total. The summed E-state index contributed by atoms with van der Waals surface area (Å²) in [4.78, 5) is 8.80. The van der Waals surface area contributed by atoms with Crippen LogP contribution < -0.4 is 34.0 Å². The molecule has 0 N–H and O–H groups in total. The quantitative estimate of drug-likeness (QED) is 0.267. The Morgan fingerprint density at radius 1 is 1.50 bits per heavy atom. The Kier molecular flexibility index (Phi) is 45.0. The van der Waals surface area contributed by atoms with Crippen molar-refractivity contribution < 1.29 is 38.9 Å². The van der Waals surface area contributed by atoms with E-state index in [-0.39, 0.29) is 68.5 Å². The maximum Gasteiger partial charge on any atom is 2.00 e. The second-order valence-electron chi connectivity index (χ2n) is 0.649. The molecule has 0 aromatic carbocycles. The molecule has 46 valence electrons. The van der Waals surface area contributed by atoms with Crippen molar-refractivity contribution in [3.05, 3.63) is 10.1 Å². The van der Waals surface area contributed by atoms with E-state index < -0.39 is 0 Å². The molecule has 0 aromatic heterocycles. The van der Waals surface area contributed by atoms with Gasteiger partial charge in [0.05, 0.1) is 0 Å². The zero-order chi connectivity index (χ0) is 4.28. The van der Waals surface area contributed by atoms with E-state index in [9.17, 15) is 10.1 Å². The summed E-state index contributed by atoms with van der Waals surface area (Å²) >= 11 is 0. The molecule has 0 fully saturated rings. The predicted octanol–water partition coefficient (Wildman–Crippen LogP) is -6.09. The van der Waals surface area contributed by atoms with Gasteiger partial charge in [0.1, 0.15) is 0 Å². The molecule has 0 saturated heterocycles. The Balaban J connectivity index is -0.0000000267. The predicted molar refractivity (Wildman–Crippen MR) is 23.3 cm³/mol. The van der Waals surface area contributed by atoms with Crippen LogP contribution in [0.3, 0.4) is 0 Å². The fourth-order valence-electron chi connectivity index (χ4n) is 0. The number of halogens is 2. The van der Waals surface area contributed by atoms with Crippen molar-refractivity contribution in [3.8, 4) is 0 Å². The summed E-state index contributed by atoms with van der Waals surface area (Å²) in [5, 5.41) is 9.17. The van der Waals surface area contributed by atoms with Gasteiger partial charge in [-0.3, -0.25) is 10.1 Å². The molecule has 6 heteroatoms. The van der Waals surface area contributed by atoms with Gasteiger partial charge >= 0.3 is 23.1 Å². The van der Waals surface area contributed by atoms with Crippen LogP contribution in [-0.2, 0) is 0 Å². The van der Waals surface area contributed by atoms with Crippen LogP contribution in [-0.4, -0.2) is 34.5 Å². The van der Waals surface area contributed by atoms with E-state index >= 15 is 0 Å². The summed E-state index contributed by atoms with van der Waals surface area (Å²) in [6, 6.07) is 0. The van der Waals surface area contributed by atoms with E-state index in [1.165, 1.54) is 6.92 Å². The second-order valence-corrected chi connectivity index (χ2v) is 0.649. The summed E-state index contributed by atoms with van der Waals surface area (Å²) in [7, 11) is 0. The van der Waals surface area contributed by atoms with Crippen LogP contribution in [0, 0.1) is 10.1 Å². The summed E-state index contributed by atoms with van der Waals surface area (Å²) in [6.45, 7) is 1.53. The van der Waals surface area contributed by atoms with Gasteiger partial charge in [-0.05, 0) is 0 Å². The van der Waals surface area contributed by atoms with E-state index in [0.29, 0.717) is 0 Å². The summed E-state index contributed by atoms with van der Waals surface area (Å²) in [5.74, 6) is 0. The number of nitrogens with zero attached hydrogens (tertiary/aromatic N) is 1. The third kappa shape index (κ3) is 27.4. The molecule has 0 spiro atoms. The summed E-state index contributed by atoms with van der Waals surface area (Å²) < 4.78 is 0. The van der Waals surface area contributed by atoms with Crippen LogP contribution in [0.4, 0.5) is 0 Å². The Hall–Kier alpha value is 1.13. The molecule has 0 bridgehead atoms. The molecular weight excluding hydrogens is 254 g/mol. The van der Waals surface area contributed by atoms with Gasteiger partial charge in [-0.1, -0.05) is 0 Å². The average Bonchev–Trinajstić information content (AvgIpc) is 1.38. The van der Waals surface area contributed by atoms with Gasteiger partial charge in [-0.15, -0.1) is 0 Å². The zero-order valence-corrected chi connectivity index (χ0v) is 9.02. The van der Waals surface area contributed by atoms with Gasteiger partial charge in [0.2, 0.25) is 6.54 Å². The van der Waals surface area contributed by atoms with E-state index in [2.05, 4.69) is 0 Å². The van der Waals surface area contributed by atoms with E-state index in [0.717, 1.165) is 0 Å². The first-order chi connectivity index (χ1) is 2.27. The van der Waals surface area contributed by atoms with E-state index in [4.69, 9.17) is 0 Å². The van der Waals surface area contributed by atoms with Crippen molar-refractivity contribution in [2.24, 2.45) is 0 Å². The van der Waals surface area contributed by atoms with Crippen LogP contribution in [0.25, 0.3) is 0 Å². The molecule has 0 saturated carbocycles. The first-order valence-electron chi connectivity index (χ1n) is 1.39. The molecule has 0 aliphatic carbocycles. The number of hydrogen-bond donors (Lipinski definition) is 0. The van der Waals surface area contributed by atoms with Gasteiger partial charge in [0, 0.05) is 11.8 Å². The van der Waals surface area contributed by atoms with Crippen molar-refractivity contribution in [2.75, 3.05) is 6.54 Å². The minimum absolute atomic E-state index is 0. The van der Waals surface area contributed by atoms with Gasteiger partial charge in [-0.2, -0.15) is 0 Å². The zero-order valence-electron chi connectivity index (χ0n) is 4.43. The maximum absolute atomic E-state index is 9.17. The molecule has 0 atom stereocenters. The average molecular weight is 259 g/mol. The van der Waals surface area contributed by atoms with Crippen LogP contribution >= 0.6 is 0 Å². The van der Waals surface area contributed by atoms with Crippen LogP contribution in [0.2, 0.25) is 0 Å². The molecule has 0 heterocycles. The molecule has 0 unspecified atom stereocenters. The monoisotopic (exact) mass is 257 g/mol. The third-order valence-electron chi connectivity index (χ3n) is 0.258. The minimum Gasteiger partial charge on any atom is -1.00 e. The Labute approximate surface area is 85.1 Å². The van der Waals surface area contributed by atoms with Gasteiger partial charge in [-0.25, -0.2) is 0 Å². The van der Waals surface area contributed by atoms with Crippen molar-refractivity contribution in [1.82, 2.24) is 0 Å². The number of rotatable bonds is 1. The topological polar surface area (TPSA) is 43.1 Å². The van der Waals surface area contributed by atoms with Crippen molar-refractivity contribution in [2.45, 2.75) is 6.92 Å². The fraction of sp³-hybridized carbons (Fsp3) is 1.00. The normalized spacial score (nSPS) is 4.62. The van der Waals surface area contributed by atoms with E-state index in [1.807, 2.05) is 0 Å². The fourth-order valence-corrected chi connectivity index (χ4v) is 0. The molecule has 0 aromatic rings. The van der Waals surface area contributed by atoms with Gasteiger partial charge < -0.3 is 34.0 Å². The number of hydrogen-bond acceptors (Lipinski definition) is 2. The summed E-state index contributed by atoms with van der Waals surface area (Å²) in [5.41, 5.74) is 0. The maximum atomic E-state index is 9.17.